The average Bonchev–Trinajstić information content (AvgIpc) is 2.46. The third-order valence-corrected chi connectivity index (χ3v) is 1.89. The Morgan fingerprint density at radius 2 is 2.31 bits per heavy atom. The SMILES string of the molecule is CCn1nc(C#N)cc1CC(C)C. The standard InChI is InChI=1S/C10H15N3/c1-4-13-10(5-8(2)3)6-9(7-11)12-13/h6,8H,4-5H2,1-3H3. The van der Waals surface area contributed by atoms with Crippen molar-refractivity contribution in [3.63, 3.8) is 0 Å². The van der Waals surface area contributed by atoms with Gasteiger partial charge in [-0.1, -0.05) is 13.8 Å². The van der Waals surface area contributed by atoms with Gasteiger partial charge in [-0.3, -0.25) is 4.68 Å². The van der Waals surface area contributed by atoms with Gasteiger partial charge in [0.15, 0.2) is 5.69 Å². The largest absolute Gasteiger partial charge is 0.269 e. The fraction of sp³-hybridized carbons (Fsp3) is 0.600. The van der Waals surface area contributed by atoms with Crippen molar-refractivity contribution in [2.24, 2.45) is 5.92 Å². The Kier molecular flexibility index (Phi) is 3.07. The molecule has 0 unspecified atom stereocenters. The van der Waals surface area contributed by atoms with Gasteiger partial charge in [-0.15, -0.1) is 0 Å². The Bertz CT molecular complexity index is 317. The number of nitrogens with zero attached hydrogens (tertiary/aromatic N) is 3. The molecule has 0 aliphatic carbocycles. The van der Waals surface area contributed by atoms with E-state index in [9.17, 15) is 0 Å². The van der Waals surface area contributed by atoms with Crippen molar-refractivity contribution in [2.75, 3.05) is 0 Å². The fourth-order valence-electron chi connectivity index (χ4n) is 1.37. The van der Waals surface area contributed by atoms with Crippen LogP contribution < -0.4 is 0 Å². The molecule has 0 saturated carbocycles. The number of nitriles is 1. The van der Waals surface area contributed by atoms with Crippen molar-refractivity contribution in [3.05, 3.63) is 17.5 Å². The first-order valence-electron chi connectivity index (χ1n) is 4.64. The van der Waals surface area contributed by atoms with E-state index in [-0.39, 0.29) is 0 Å². The van der Waals surface area contributed by atoms with Gasteiger partial charge in [0.05, 0.1) is 0 Å². The Hall–Kier alpha value is -1.30. The molecular weight excluding hydrogens is 162 g/mol. The molecule has 1 rings (SSSR count). The molecule has 0 aromatic carbocycles. The maximum absolute atomic E-state index is 8.68. The topological polar surface area (TPSA) is 41.6 Å². The van der Waals surface area contributed by atoms with Gasteiger partial charge >= 0.3 is 0 Å². The second-order valence-corrected chi connectivity index (χ2v) is 3.55. The first kappa shape index (κ1) is 9.79. The van der Waals surface area contributed by atoms with Gasteiger partial charge in [0.2, 0.25) is 0 Å². The summed E-state index contributed by atoms with van der Waals surface area (Å²) in [6.07, 6.45) is 0.989. The molecule has 70 valence electrons. The molecule has 1 aromatic heterocycles. The maximum Gasteiger partial charge on any atom is 0.162 e. The third kappa shape index (κ3) is 2.32. The summed E-state index contributed by atoms with van der Waals surface area (Å²) < 4.78 is 1.90. The van der Waals surface area contributed by atoms with E-state index in [1.54, 1.807) is 0 Å². The lowest BCUT2D eigenvalue weighted by atomic mass is 10.1. The molecule has 1 heterocycles. The van der Waals surface area contributed by atoms with Crippen molar-refractivity contribution in [2.45, 2.75) is 33.7 Å². The van der Waals surface area contributed by atoms with Crippen LogP contribution in [-0.4, -0.2) is 9.78 Å². The normalized spacial score (nSPS) is 10.4. The minimum absolute atomic E-state index is 0.525. The molecule has 0 aliphatic heterocycles. The second-order valence-electron chi connectivity index (χ2n) is 3.55. The zero-order valence-electron chi connectivity index (χ0n) is 8.41. The number of hydrogen-bond acceptors (Lipinski definition) is 2. The molecule has 13 heavy (non-hydrogen) atoms. The van der Waals surface area contributed by atoms with Crippen LogP contribution in [0.2, 0.25) is 0 Å². The lowest BCUT2D eigenvalue weighted by Crippen LogP contribution is -2.05. The van der Waals surface area contributed by atoms with Crippen LogP contribution in [0.4, 0.5) is 0 Å². The minimum Gasteiger partial charge on any atom is -0.269 e. The quantitative estimate of drug-likeness (QED) is 0.708. The molecule has 1 aromatic rings. The Morgan fingerprint density at radius 3 is 2.77 bits per heavy atom. The van der Waals surface area contributed by atoms with Gasteiger partial charge in [0.25, 0.3) is 0 Å². The molecule has 0 aliphatic rings. The molecule has 0 amide bonds. The summed E-state index contributed by atoms with van der Waals surface area (Å²) >= 11 is 0. The Balaban J connectivity index is 2.92. The van der Waals surface area contributed by atoms with Gasteiger partial charge < -0.3 is 0 Å². The van der Waals surface area contributed by atoms with Gasteiger partial charge in [-0.2, -0.15) is 10.4 Å². The van der Waals surface area contributed by atoms with Crippen LogP contribution in [0.25, 0.3) is 0 Å². The Labute approximate surface area is 79.0 Å². The summed E-state index contributed by atoms with van der Waals surface area (Å²) in [5.74, 6) is 0.605. The van der Waals surface area contributed by atoms with Crippen molar-refractivity contribution >= 4 is 0 Å². The van der Waals surface area contributed by atoms with E-state index in [1.165, 1.54) is 0 Å². The van der Waals surface area contributed by atoms with E-state index in [0.717, 1.165) is 18.7 Å². The minimum atomic E-state index is 0.525. The van der Waals surface area contributed by atoms with Gasteiger partial charge in [-0.25, -0.2) is 0 Å². The van der Waals surface area contributed by atoms with Crippen LogP contribution in [0.1, 0.15) is 32.2 Å². The summed E-state index contributed by atoms with van der Waals surface area (Å²) in [5, 5.41) is 12.8. The molecule has 0 spiro atoms. The molecule has 0 saturated heterocycles. The summed E-state index contributed by atoms with van der Waals surface area (Å²) in [5.41, 5.74) is 1.69. The van der Waals surface area contributed by atoms with Crippen LogP contribution >= 0.6 is 0 Å². The Morgan fingerprint density at radius 1 is 1.62 bits per heavy atom. The van der Waals surface area contributed by atoms with E-state index in [1.807, 2.05) is 17.7 Å². The molecular formula is C10H15N3. The highest BCUT2D eigenvalue weighted by molar-refractivity contribution is 5.22. The van der Waals surface area contributed by atoms with Crippen molar-refractivity contribution in [3.8, 4) is 6.07 Å². The molecule has 0 N–H and O–H groups in total. The predicted octanol–water partition coefficient (Wildman–Crippen LogP) is 1.97. The van der Waals surface area contributed by atoms with E-state index < -0.39 is 0 Å². The summed E-state index contributed by atoms with van der Waals surface area (Å²) in [6.45, 7) is 7.21. The van der Waals surface area contributed by atoms with E-state index in [2.05, 4.69) is 25.0 Å². The number of rotatable bonds is 3. The van der Waals surface area contributed by atoms with E-state index in [4.69, 9.17) is 5.26 Å². The lowest BCUT2D eigenvalue weighted by Gasteiger charge is -2.05. The molecule has 3 nitrogen and oxygen atoms in total. The van der Waals surface area contributed by atoms with Gasteiger partial charge in [-0.05, 0) is 25.3 Å². The zero-order valence-corrected chi connectivity index (χ0v) is 8.41. The van der Waals surface area contributed by atoms with Crippen molar-refractivity contribution in [1.29, 1.82) is 5.26 Å². The predicted molar refractivity (Wildman–Crippen MR) is 51.2 cm³/mol. The maximum atomic E-state index is 8.68. The first-order valence-corrected chi connectivity index (χ1v) is 4.64. The first-order chi connectivity index (χ1) is 6.17. The van der Waals surface area contributed by atoms with E-state index >= 15 is 0 Å². The second kappa shape index (κ2) is 4.08. The van der Waals surface area contributed by atoms with Gasteiger partial charge in [0.1, 0.15) is 6.07 Å². The van der Waals surface area contributed by atoms with Crippen LogP contribution in [-0.2, 0) is 13.0 Å². The lowest BCUT2D eigenvalue weighted by molar-refractivity contribution is 0.562. The van der Waals surface area contributed by atoms with Crippen LogP contribution in [0, 0.1) is 17.2 Å². The van der Waals surface area contributed by atoms with Crippen LogP contribution in [0.3, 0.4) is 0 Å². The molecule has 0 radical (unpaired) electrons. The highest BCUT2D eigenvalue weighted by Crippen LogP contribution is 2.09. The number of aryl methyl sites for hydroxylation is 1. The van der Waals surface area contributed by atoms with Gasteiger partial charge in [0, 0.05) is 12.2 Å². The van der Waals surface area contributed by atoms with Crippen LogP contribution in [0.5, 0.6) is 0 Å². The summed E-state index contributed by atoms with van der Waals surface area (Å²) in [6, 6.07) is 3.94. The smallest absolute Gasteiger partial charge is 0.162 e. The summed E-state index contributed by atoms with van der Waals surface area (Å²) in [7, 11) is 0. The van der Waals surface area contributed by atoms with E-state index in [0.29, 0.717) is 11.6 Å². The molecule has 3 heteroatoms. The highest BCUT2D eigenvalue weighted by atomic mass is 15.3. The zero-order chi connectivity index (χ0) is 9.84. The molecule has 0 bridgehead atoms. The number of aromatic nitrogens is 2. The average molecular weight is 177 g/mol. The monoisotopic (exact) mass is 177 g/mol. The third-order valence-electron chi connectivity index (χ3n) is 1.89. The molecule has 0 fully saturated rings. The highest BCUT2D eigenvalue weighted by Gasteiger charge is 2.07. The number of hydrogen-bond donors (Lipinski definition) is 0. The van der Waals surface area contributed by atoms with Crippen molar-refractivity contribution in [1.82, 2.24) is 9.78 Å². The van der Waals surface area contributed by atoms with Crippen LogP contribution in [0.15, 0.2) is 6.07 Å². The molecule has 0 atom stereocenters. The summed E-state index contributed by atoms with van der Waals surface area (Å²) in [4.78, 5) is 0. The fourth-order valence-corrected chi connectivity index (χ4v) is 1.37. The van der Waals surface area contributed by atoms with Crippen molar-refractivity contribution < 1.29 is 0 Å².